The molecule has 0 unspecified atom stereocenters. The molecule has 0 aliphatic carbocycles. The fraction of sp³-hybridized carbons (Fsp3) is 0.107. The van der Waals surface area contributed by atoms with Crippen molar-refractivity contribution in [3.05, 3.63) is 111 Å². The normalized spacial score (nSPS) is 10.1. The van der Waals surface area contributed by atoms with Gasteiger partial charge in [-0.3, -0.25) is 4.79 Å². The second kappa shape index (κ2) is 10.6. The molecular weight excluding hydrogens is 442 g/mol. The van der Waals surface area contributed by atoms with Crippen molar-refractivity contribution in [1.29, 1.82) is 5.26 Å². The van der Waals surface area contributed by atoms with Crippen LogP contribution in [0.4, 0.5) is 0 Å². The molecule has 1 aromatic heterocycles. The van der Waals surface area contributed by atoms with Gasteiger partial charge in [0.2, 0.25) is 0 Å². The Bertz CT molecular complexity index is 1480. The van der Waals surface area contributed by atoms with Gasteiger partial charge in [0.1, 0.15) is 17.4 Å². The third-order valence-electron chi connectivity index (χ3n) is 5.01. The van der Waals surface area contributed by atoms with Crippen molar-refractivity contribution in [2.75, 3.05) is 7.11 Å². The van der Waals surface area contributed by atoms with Crippen LogP contribution in [0.15, 0.2) is 82.7 Å². The van der Waals surface area contributed by atoms with Gasteiger partial charge in [0, 0.05) is 22.4 Å². The minimum absolute atomic E-state index is 0.00954. The number of methoxy groups -OCH3 is 1. The van der Waals surface area contributed by atoms with Gasteiger partial charge in [0.25, 0.3) is 5.56 Å². The molecule has 0 saturated heterocycles. The number of nitrogens with one attached hydrogen (secondary N) is 1. The molecule has 0 atom stereocenters. The van der Waals surface area contributed by atoms with Crippen LogP contribution in [-0.2, 0) is 5.75 Å². The Morgan fingerprint density at radius 2 is 1.71 bits per heavy atom. The van der Waals surface area contributed by atoms with E-state index in [2.05, 4.69) is 27.9 Å². The molecule has 166 valence electrons. The third-order valence-corrected chi connectivity index (χ3v) is 5.96. The molecule has 0 saturated carbocycles. The molecule has 3 aromatic carbocycles. The van der Waals surface area contributed by atoms with Crippen LogP contribution in [0.1, 0.15) is 27.8 Å². The fourth-order valence-electron chi connectivity index (χ4n) is 3.39. The summed E-state index contributed by atoms with van der Waals surface area (Å²) < 4.78 is 5.34. The quantitative estimate of drug-likeness (QED) is 0.246. The monoisotopic (exact) mass is 463 g/mol. The minimum Gasteiger partial charge on any atom is -0.497 e. The summed E-state index contributed by atoms with van der Waals surface area (Å²) in [4.78, 5) is 19.9. The Morgan fingerprint density at radius 3 is 2.38 bits per heavy atom. The smallest absolute Gasteiger partial charge is 0.270 e. The van der Waals surface area contributed by atoms with E-state index < -0.39 is 5.56 Å². The zero-order valence-corrected chi connectivity index (χ0v) is 19.6. The lowest BCUT2D eigenvalue weighted by molar-refractivity contribution is 0.414. The highest BCUT2D eigenvalue weighted by Crippen LogP contribution is 2.26. The Hall–Kier alpha value is -4.26. The minimum atomic E-state index is -0.454. The maximum atomic E-state index is 12.6. The second-order valence-corrected chi connectivity index (χ2v) is 8.51. The van der Waals surface area contributed by atoms with E-state index in [0.717, 1.165) is 28.0 Å². The molecule has 4 aromatic rings. The molecule has 6 heteroatoms. The molecule has 0 aliphatic rings. The maximum absolute atomic E-state index is 12.6. The van der Waals surface area contributed by atoms with Crippen molar-refractivity contribution in [2.24, 2.45) is 0 Å². The van der Waals surface area contributed by atoms with Crippen LogP contribution in [0.2, 0.25) is 0 Å². The molecule has 4 rings (SSSR count). The molecular formula is C28H21N3O2S. The van der Waals surface area contributed by atoms with E-state index in [9.17, 15) is 10.1 Å². The van der Waals surface area contributed by atoms with E-state index in [4.69, 9.17) is 4.74 Å². The van der Waals surface area contributed by atoms with Crippen LogP contribution in [0, 0.1) is 30.1 Å². The summed E-state index contributed by atoms with van der Waals surface area (Å²) in [5, 5.41) is 10.0. The first-order chi connectivity index (χ1) is 16.6. The topological polar surface area (TPSA) is 78.8 Å². The molecule has 5 nitrogen and oxygen atoms in total. The number of nitriles is 1. The van der Waals surface area contributed by atoms with Crippen molar-refractivity contribution in [1.82, 2.24) is 9.97 Å². The average molecular weight is 464 g/mol. The Morgan fingerprint density at radius 1 is 1.00 bits per heavy atom. The maximum Gasteiger partial charge on any atom is 0.270 e. The molecule has 0 aliphatic heterocycles. The number of hydrogen-bond acceptors (Lipinski definition) is 5. The highest BCUT2D eigenvalue weighted by atomic mass is 32.2. The van der Waals surface area contributed by atoms with Crippen molar-refractivity contribution in [2.45, 2.75) is 17.8 Å². The lowest BCUT2D eigenvalue weighted by Crippen LogP contribution is -2.14. The first-order valence-corrected chi connectivity index (χ1v) is 11.5. The van der Waals surface area contributed by atoms with Crippen molar-refractivity contribution < 1.29 is 4.74 Å². The molecule has 34 heavy (non-hydrogen) atoms. The fourth-order valence-corrected chi connectivity index (χ4v) is 4.18. The van der Waals surface area contributed by atoms with Crippen LogP contribution < -0.4 is 10.3 Å². The van der Waals surface area contributed by atoms with Crippen LogP contribution in [-0.4, -0.2) is 17.1 Å². The van der Waals surface area contributed by atoms with Crippen LogP contribution >= 0.6 is 11.8 Å². The van der Waals surface area contributed by atoms with E-state index in [1.165, 1.54) is 11.8 Å². The number of ether oxygens (including phenoxy) is 1. The summed E-state index contributed by atoms with van der Waals surface area (Å²) in [7, 11) is 1.64. The standard InChI is InChI=1S/C28H21N3O2S/c1-19-14-22(16-24(15-19)33-2)18-34-28-30-26(25(17-29)27(32)31-28)23-12-10-21(11-13-23)9-8-20-6-4-3-5-7-20/h3-7,10-16H,18H2,1-2H3,(H,30,31,32). The van der Waals surface area contributed by atoms with Gasteiger partial charge in [0.05, 0.1) is 12.8 Å². The van der Waals surface area contributed by atoms with Gasteiger partial charge in [-0.15, -0.1) is 0 Å². The molecule has 1 N–H and O–H groups in total. The van der Waals surface area contributed by atoms with Crippen LogP contribution in [0.5, 0.6) is 5.75 Å². The predicted octanol–water partition coefficient (Wildman–Crippen LogP) is 5.32. The number of nitrogens with zero attached hydrogens (tertiary/aromatic N) is 2. The number of rotatable bonds is 5. The molecule has 0 spiro atoms. The third kappa shape index (κ3) is 5.56. The lowest BCUT2D eigenvalue weighted by Gasteiger charge is -2.08. The van der Waals surface area contributed by atoms with Crippen LogP contribution in [0.3, 0.4) is 0 Å². The number of H-pyrrole nitrogens is 1. The van der Waals surface area contributed by atoms with E-state index >= 15 is 0 Å². The molecule has 0 fully saturated rings. The first kappa shape index (κ1) is 22.9. The molecule has 0 bridgehead atoms. The van der Waals surface area contributed by atoms with Gasteiger partial charge in [-0.25, -0.2) is 4.98 Å². The van der Waals surface area contributed by atoms with Crippen molar-refractivity contribution >= 4 is 11.8 Å². The zero-order valence-electron chi connectivity index (χ0n) is 18.8. The molecule has 1 heterocycles. The number of aromatic amines is 1. The van der Waals surface area contributed by atoms with E-state index in [1.54, 1.807) is 7.11 Å². The highest BCUT2D eigenvalue weighted by Gasteiger charge is 2.14. The van der Waals surface area contributed by atoms with Gasteiger partial charge in [-0.05, 0) is 54.4 Å². The Balaban J connectivity index is 1.59. The van der Waals surface area contributed by atoms with Gasteiger partial charge >= 0.3 is 0 Å². The van der Waals surface area contributed by atoms with Gasteiger partial charge in [-0.1, -0.05) is 60.0 Å². The number of aromatic nitrogens is 2. The highest BCUT2D eigenvalue weighted by molar-refractivity contribution is 7.98. The second-order valence-electron chi connectivity index (χ2n) is 7.55. The summed E-state index contributed by atoms with van der Waals surface area (Å²) >= 11 is 1.40. The summed E-state index contributed by atoms with van der Waals surface area (Å²) in [6.45, 7) is 2.00. The molecule has 0 amide bonds. The SMILES string of the molecule is COc1cc(C)cc(CSc2nc(-c3ccc(C#Cc4ccccc4)cc3)c(C#N)c(=O)[nH]2)c1. The number of aryl methyl sites for hydroxylation is 1. The lowest BCUT2D eigenvalue weighted by atomic mass is 10.1. The molecule has 0 radical (unpaired) electrons. The van der Waals surface area contributed by atoms with Crippen molar-refractivity contribution in [3.63, 3.8) is 0 Å². The van der Waals surface area contributed by atoms with E-state index in [1.807, 2.05) is 79.7 Å². The van der Waals surface area contributed by atoms with Gasteiger partial charge in [-0.2, -0.15) is 5.26 Å². The van der Waals surface area contributed by atoms with Gasteiger partial charge in [0.15, 0.2) is 5.16 Å². The zero-order chi connectivity index (χ0) is 23.9. The summed E-state index contributed by atoms with van der Waals surface area (Å²) in [6.07, 6.45) is 0. The number of benzene rings is 3. The van der Waals surface area contributed by atoms with Crippen molar-refractivity contribution in [3.8, 4) is 34.9 Å². The van der Waals surface area contributed by atoms with Crippen LogP contribution in [0.25, 0.3) is 11.3 Å². The summed E-state index contributed by atoms with van der Waals surface area (Å²) in [5.74, 6) is 7.63. The van der Waals surface area contributed by atoms with E-state index in [-0.39, 0.29) is 5.56 Å². The Labute approximate surface area is 202 Å². The first-order valence-electron chi connectivity index (χ1n) is 10.5. The number of hydrogen-bond donors (Lipinski definition) is 1. The van der Waals surface area contributed by atoms with E-state index in [0.29, 0.717) is 22.2 Å². The predicted molar refractivity (Wildman–Crippen MR) is 135 cm³/mol. The Kier molecular flexibility index (Phi) is 7.13. The summed E-state index contributed by atoms with van der Waals surface area (Å²) in [6, 6.07) is 25.1. The largest absolute Gasteiger partial charge is 0.497 e. The van der Waals surface area contributed by atoms with Gasteiger partial charge < -0.3 is 9.72 Å². The average Bonchev–Trinajstić information content (AvgIpc) is 2.86. The number of thioether (sulfide) groups is 1. The summed E-state index contributed by atoms with van der Waals surface area (Å²) in [5.41, 5.74) is 4.49.